The van der Waals surface area contributed by atoms with E-state index in [1.165, 1.54) is 12.1 Å². The average Bonchev–Trinajstić information content (AvgIpc) is 2.98. The van der Waals surface area contributed by atoms with Crippen LogP contribution in [-0.2, 0) is 14.8 Å². The van der Waals surface area contributed by atoms with Gasteiger partial charge in [0, 0.05) is 24.6 Å². The van der Waals surface area contributed by atoms with Crippen LogP contribution in [-0.4, -0.2) is 26.7 Å². The second-order valence-electron chi connectivity index (χ2n) is 5.36. The number of sulfonamides is 1. The van der Waals surface area contributed by atoms with Gasteiger partial charge in [0.05, 0.1) is 4.90 Å². The lowest BCUT2D eigenvalue weighted by Crippen LogP contribution is -2.29. The van der Waals surface area contributed by atoms with Crippen LogP contribution in [0.25, 0.3) is 0 Å². The summed E-state index contributed by atoms with van der Waals surface area (Å²) in [6, 6.07) is 6.23. The molecular weight excluding hydrogens is 302 g/mol. The second-order valence-corrected chi connectivity index (χ2v) is 7.05. The lowest BCUT2D eigenvalue weighted by atomic mass is 10.1. The van der Waals surface area contributed by atoms with E-state index in [0.717, 1.165) is 12.8 Å². The molecule has 0 bridgehead atoms. The lowest BCUT2D eigenvalue weighted by Gasteiger charge is -2.12. The minimum Gasteiger partial charge on any atom is -0.326 e. The van der Waals surface area contributed by atoms with Gasteiger partial charge in [-0.3, -0.25) is 14.5 Å². The largest absolute Gasteiger partial charge is 0.326 e. The van der Waals surface area contributed by atoms with Crippen molar-refractivity contribution in [2.45, 2.75) is 38.0 Å². The van der Waals surface area contributed by atoms with Crippen LogP contribution < -0.4 is 10.0 Å². The van der Waals surface area contributed by atoms with E-state index in [0.29, 0.717) is 24.5 Å². The number of anilines is 1. The van der Waals surface area contributed by atoms with E-state index < -0.39 is 10.0 Å². The van der Waals surface area contributed by atoms with Gasteiger partial charge in [-0.15, -0.1) is 0 Å². The molecule has 0 aliphatic carbocycles. The van der Waals surface area contributed by atoms with Crippen molar-refractivity contribution in [3.8, 4) is 0 Å². The van der Waals surface area contributed by atoms with Gasteiger partial charge < -0.3 is 5.32 Å². The lowest BCUT2D eigenvalue weighted by molar-refractivity contribution is -0.119. The molecule has 1 atom stereocenters. The maximum Gasteiger partial charge on any atom is 0.262 e. The van der Waals surface area contributed by atoms with E-state index in [2.05, 4.69) is 15.0 Å². The third-order valence-corrected chi connectivity index (χ3v) is 4.98. The summed E-state index contributed by atoms with van der Waals surface area (Å²) < 4.78 is 27.1. The van der Waals surface area contributed by atoms with E-state index >= 15 is 0 Å². The van der Waals surface area contributed by atoms with Crippen LogP contribution in [0.3, 0.4) is 0 Å². The normalized spacial score (nSPS) is 16.0. The predicted molar refractivity (Wildman–Crippen MR) is 86.4 cm³/mol. The predicted octanol–water partition coefficient (Wildman–Crippen LogP) is 2.14. The van der Waals surface area contributed by atoms with E-state index in [-0.39, 0.29) is 16.7 Å². The van der Waals surface area contributed by atoms with Crippen LogP contribution >= 0.6 is 0 Å². The SMILES string of the molecule is CCC(C)C(=O)Nc1cccc(S(=O)(=O)NC2=NCCC2)c1. The number of nitrogens with one attached hydrogen (secondary N) is 2. The number of benzene rings is 1. The molecule has 0 spiro atoms. The number of carbonyl (C=O) groups is 1. The number of aliphatic imine (C=N–C) groups is 1. The molecule has 1 aromatic rings. The summed E-state index contributed by atoms with van der Waals surface area (Å²) in [4.78, 5) is 16.1. The molecule has 2 rings (SSSR count). The van der Waals surface area contributed by atoms with E-state index in [4.69, 9.17) is 0 Å². The van der Waals surface area contributed by atoms with Gasteiger partial charge in [-0.05, 0) is 31.0 Å². The highest BCUT2D eigenvalue weighted by Gasteiger charge is 2.19. The highest BCUT2D eigenvalue weighted by atomic mass is 32.2. The Labute approximate surface area is 131 Å². The maximum absolute atomic E-state index is 12.3. The van der Waals surface area contributed by atoms with E-state index in [1.54, 1.807) is 12.1 Å². The summed E-state index contributed by atoms with van der Waals surface area (Å²) in [7, 11) is -3.66. The first kappa shape index (κ1) is 16.5. The summed E-state index contributed by atoms with van der Waals surface area (Å²) in [6.07, 6.45) is 2.23. The number of amidine groups is 1. The molecule has 1 aromatic carbocycles. The first-order chi connectivity index (χ1) is 10.4. The fourth-order valence-corrected chi connectivity index (χ4v) is 3.16. The van der Waals surface area contributed by atoms with Crippen LogP contribution in [0, 0.1) is 5.92 Å². The minimum atomic E-state index is -3.66. The summed E-state index contributed by atoms with van der Waals surface area (Å²) in [6.45, 7) is 4.41. The average molecular weight is 323 g/mol. The van der Waals surface area contributed by atoms with Crippen LogP contribution in [0.1, 0.15) is 33.1 Å². The third kappa shape index (κ3) is 4.07. The summed E-state index contributed by atoms with van der Waals surface area (Å²) in [5.74, 6) is 0.255. The Bertz CT molecular complexity index is 683. The van der Waals surface area contributed by atoms with Crippen molar-refractivity contribution in [1.82, 2.24) is 4.72 Å². The van der Waals surface area contributed by atoms with Crippen LogP contribution in [0.4, 0.5) is 5.69 Å². The Morgan fingerprint density at radius 3 is 2.82 bits per heavy atom. The summed E-state index contributed by atoms with van der Waals surface area (Å²) in [5, 5.41) is 2.74. The Kier molecular flexibility index (Phi) is 5.18. The first-order valence-corrected chi connectivity index (χ1v) is 8.88. The molecule has 0 fully saturated rings. The van der Waals surface area contributed by atoms with Crippen molar-refractivity contribution >= 4 is 27.5 Å². The van der Waals surface area contributed by atoms with Crippen LogP contribution in [0.5, 0.6) is 0 Å². The second kappa shape index (κ2) is 6.91. The molecule has 6 nitrogen and oxygen atoms in total. The fourth-order valence-electron chi connectivity index (χ4n) is 2.03. The van der Waals surface area contributed by atoms with Gasteiger partial charge in [-0.25, -0.2) is 8.42 Å². The number of hydrogen-bond donors (Lipinski definition) is 2. The smallest absolute Gasteiger partial charge is 0.262 e. The molecule has 2 N–H and O–H groups in total. The summed E-state index contributed by atoms with van der Waals surface area (Å²) in [5.41, 5.74) is 0.474. The Morgan fingerprint density at radius 2 is 2.18 bits per heavy atom. The molecule has 0 radical (unpaired) electrons. The zero-order chi connectivity index (χ0) is 16.2. The van der Waals surface area contributed by atoms with Gasteiger partial charge in [0.2, 0.25) is 5.91 Å². The molecule has 1 unspecified atom stereocenters. The fraction of sp³-hybridized carbons (Fsp3) is 0.467. The van der Waals surface area contributed by atoms with Crippen molar-refractivity contribution in [2.75, 3.05) is 11.9 Å². The number of carbonyl (C=O) groups excluding carboxylic acids is 1. The van der Waals surface area contributed by atoms with Crippen LogP contribution in [0.15, 0.2) is 34.2 Å². The molecule has 0 saturated heterocycles. The Hall–Kier alpha value is -1.89. The molecule has 7 heteroatoms. The number of amides is 1. The van der Waals surface area contributed by atoms with Crippen molar-refractivity contribution in [3.05, 3.63) is 24.3 Å². The van der Waals surface area contributed by atoms with Crippen LogP contribution in [0.2, 0.25) is 0 Å². The molecule has 0 saturated carbocycles. The minimum absolute atomic E-state index is 0.115. The number of rotatable bonds is 5. The zero-order valence-electron chi connectivity index (χ0n) is 12.8. The van der Waals surface area contributed by atoms with Gasteiger partial charge in [0.25, 0.3) is 10.0 Å². The van der Waals surface area contributed by atoms with Gasteiger partial charge >= 0.3 is 0 Å². The number of nitrogens with zero attached hydrogens (tertiary/aromatic N) is 1. The van der Waals surface area contributed by atoms with E-state index in [9.17, 15) is 13.2 Å². The standard InChI is InChI=1S/C15H21N3O3S/c1-3-11(2)15(19)17-12-6-4-7-13(10-12)22(20,21)18-14-8-5-9-16-14/h4,6-7,10-11H,3,5,8-9H2,1-2H3,(H,16,18)(H,17,19). The molecular formula is C15H21N3O3S. The first-order valence-electron chi connectivity index (χ1n) is 7.39. The molecule has 0 aromatic heterocycles. The highest BCUT2D eigenvalue weighted by Crippen LogP contribution is 2.17. The maximum atomic E-state index is 12.3. The van der Waals surface area contributed by atoms with Gasteiger partial charge in [-0.2, -0.15) is 0 Å². The quantitative estimate of drug-likeness (QED) is 0.870. The van der Waals surface area contributed by atoms with Crippen molar-refractivity contribution in [1.29, 1.82) is 0 Å². The molecule has 120 valence electrons. The zero-order valence-corrected chi connectivity index (χ0v) is 13.6. The third-order valence-electron chi connectivity index (χ3n) is 3.60. The molecule has 1 aliphatic rings. The monoisotopic (exact) mass is 323 g/mol. The Morgan fingerprint density at radius 1 is 1.41 bits per heavy atom. The molecule has 1 amide bonds. The molecule has 1 aliphatic heterocycles. The Balaban J connectivity index is 2.15. The van der Waals surface area contributed by atoms with E-state index in [1.807, 2.05) is 13.8 Å². The highest BCUT2D eigenvalue weighted by molar-refractivity contribution is 7.90. The van der Waals surface area contributed by atoms with Crippen molar-refractivity contribution in [3.63, 3.8) is 0 Å². The molecule has 22 heavy (non-hydrogen) atoms. The topological polar surface area (TPSA) is 87.6 Å². The van der Waals surface area contributed by atoms with Gasteiger partial charge in [0.1, 0.15) is 5.84 Å². The molecule has 1 heterocycles. The van der Waals surface area contributed by atoms with Gasteiger partial charge in [-0.1, -0.05) is 19.9 Å². The van der Waals surface area contributed by atoms with Crippen molar-refractivity contribution < 1.29 is 13.2 Å². The summed E-state index contributed by atoms with van der Waals surface area (Å²) >= 11 is 0. The van der Waals surface area contributed by atoms with Gasteiger partial charge in [0.15, 0.2) is 0 Å². The van der Waals surface area contributed by atoms with Crippen molar-refractivity contribution in [2.24, 2.45) is 10.9 Å². The number of hydrogen-bond acceptors (Lipinski definition) is 4.